The molecule has 1 atom stereocenters. The van der Waals surface area contributed by atoms with Gasteiger partial charge in [0.15, 0.2) is 0 Å². The number of hydrogen-bond donors (Lipinski definition) is 1. The molecule has 3 heteroatoms. The molecule has 88 valence electrons. The van der Waals surface area contributed by atoms with Crippen LogP contribution in [-0.4, -0.2) is 12.0 Å². The summed E-state index contributed by atoms with van der Waals surface area (Å²) in [5.41, 5.74) is 1.51. The molecule has 1 saturated carbocycles. The van der Waals surface area contributed by atoms with Crippen LogP contribution in [0.15, 0.2) is 0 Å². The molecule has 1 aromatic rings. The van der Waals surface area contributed by atoms with E-state index in [4.69, 9.17) is 4.98 Å². The summed E-state index contributed by atoms with van der Waals surface area (Å²) in [6.45, 7) is 2.32. The molecule has 1 unspecified atom stereocenters. The zero-order chi connectivity index (χ0) is 11.2. The molecule has 0 amide bonds. The average molecular weight is 236 g/mol. The fraction of sp³-hybridized carbons (Fsp3) is 0.769. The highest BCUT2D eigenvalue weighted by molar-refractivity contribution is 7.12. The first kappa shape index (κ1) is 10.7. The molecule has 0 aromatic carbocycles. The van der Waals surface area contributed by atoms with Crippen LogP contribution in [-0.2, 0) is 18.4 Å². The minimum Gasteiger partial charge on any atom is -0.309 e. The van der Waals surface area contributed by atoms with E-state index in [2.05, 4.69) is 19.3 Å². The highest BCUT2D eigenvalue weighted by Gasteiger charge is 2.36. The van der Waals surface area contributed by atoms with Crippen LogP contribution < -0.4 is 5.32 Å². The van der Waals surface area contributed by atoms with E-state index in [1.165, 1.54) is 49.2 Å². The molecule has 2 aliphatic carbocycles. The van der Waals surface area contributed by atoms with Crippen LogP contribution in [0.5, 0.6) is 0 Å². The lowest BCUT2D eigenvalue weighted by Gasteiger charge is -2.27. The van der Waals surface area contributed by atoms with Crippen LogP contribution in [0, 0.1) is 5.92 Å². The second kappa shape index (κ2) is 3.81. The molecule has 1 fully saturated rings. The Labute approximate surface area is 101 Å². The summed E-state index contributed by atoms with van der Waals surface area (Å²) >= 11 is 1.95. The van der Waals surface area contributed by atoms with Crippen LogP contribution in [0.3, 0.4) is 0 Å². The van der Waals surface area contributed by atoms with Gasteiger partial charge in [-0.05, 0) is 45.6 Å². The van der Waals surface area contributed by atoms with Crippen molar-refractivity contribution >= 4 is 11.3 Å². The fourth-order valence-corrected chi connectivity index (χ4v) is 3.93. The molecule has 0 radical (unpaired) electrons. The minimum atomic E-state index is 0.121. The number of thiazole rings is 1. The summed E-state index contributed by atoms with van der Waals surface area (Å²) in [6.07, 6.45) is 7.87. The Balaban J connectivity index is 1.86. The monoisotopic (exact) mass is 236 g/mol. The zero-order valence-corrected chi connectivity index (χ0v) is 11.0. The maximum atomic E-state index is 4.87. The Morgan fingerprint density at radius 3 is 2.88 bits per heavy atom. The van der Waals surface area contributed by atoms with Gasteiger partial charge >= 0.3 is 0 Å². The molecule has 0 aliphatic heterocycles. The summed E-state index contributed by atoms with van der Waals surface area (Å²) in [6, 6.07) is 0. The van der Waals surface area contributed by atoms with Crippen LogP contribution in [0.4, 0.5) is 0 Å². The molecule has 1 heterocycles. The Morgan fingerprint density at radius 1 is 1.44 bits per heavy atom. The van der Waals surface area contributed by atoms with Crippen LogP contribution in [0.2, 0.25) is 0 Å². The van der Waals surface area contributed by atoms with Crippen molar-refractivity contribution in [2.75, 3.05) is 7.05 Å². The van der Waals surface area contributed by atoms with E-state index in [1.807, 2.05) is 11.3 Å². The van der Waals surface area contributed by atoms with Gasteiger partial charge in [0.25, 0.3) is 0 Å². The first-order chi connectivity index (χ1) is 7.71. The van der Waals surface area contributed by atoms with Gasteiger partial charge in [0.1, 0.15) is 5.01 Å². The smallest absolute Gasteiger partial charge is 0.113 e. The highest BCUT2D eigenvalue weighted by atomic mass is 32.1. The van der Waals surface area contributed by atoms with E-state index in [9.17, 15) is 0 Å². The predicted molar refractivity (Wildman–Crippen MR) is 67.9 cm³/mol. The van der Waals surface area contributed by atoms with Crippen LogP contribution in [0.1, 0.15) is 48.2 Å². The Bertz CT molecular complexity index is 373. The third-order valence-corrected chi connectivity index (χ3v) is 5.43. The van der Waals surface area contributed by atoms with Gasteiger partial charge in [-0.1, -0.05) is 12.8 Å². The molecule has 0 saturated heterocycles. The number of fused-ring (bicyclic) bond motifs is 1. The molecular weight excluding hydrogens is 216 g/mol. The van der Waals surface area contributed by atoms with E-state index < -0.39 is 0 Å². The summed E-state index contributed by atoms with van der Waals surface area (Å²) in [5.74, 6) is 0.941. The molecular formula is C13H20N2S. The molecule has 0 spiro atoms. The minimum absolute atomic E-state index is 0.121. The van der Waals surface area contributed by atoms with Crippen molar-refractivity contribution in [3.63, 3.8) is 0 Å². The number of nitrogens with zero attached hydrogens (tertiary/aromatic N) is 1. The Kier molecular flexibility index (Phi) is 2.55. The summed E-state index contributed by atoms with van der Waals surface area (Å²) in [5, 5.41) is 4.83. The molecule has 2 nitrogen and oxygen atoms in total. The molecule has 1 N–H and O–H groups in total. The molecule has 16 heavy (non-hydrogen) atoms. The third-order valence-electron chi connectivity index (χ3n) is 4.01. The van der Waals surface area contributed by atoms with E-state index in [0.717, 1.165) is 5.92 Å². The topological polar surface area (TPSA) is 24.9 Å². The summed E-state index contributed by atoms with van der Waals surface area (Å²) < 4.78 is 0. The van der Waals surface area contributed by atoms with Gasteiger partial charge in [-0.15, -0.1) is 11.3 Å². The quantitative estimate of drug-likeness (QED) is 0.869. The molecule has 1 aromatic heterocycles. The molecule has 0 bridgehead atoms. The van der Waals surface area contributed by atoms with E-state index in [-0.39, 0.29) is 5.54 Å². The average Bonchev–Trinajstić information content (AvgIpc) is 2.79. The third kappa shape index (κ3) is 1.80. The lowest BCUT2D eigenvalue weighted by Crippen LogP contribution is -2.37. The lowest BCUT2D eigenvalue weighted by molar-refractivity contribution is 0.347. The molecule has 2 aliphatic rings. The molecule has 3 rings (SSSR count). The van der Waals surface area contributed by atoms with Crippen molar-refractivity contribution in [1.82, 2.24) is 10.3 Å². The maximum Gasteiger partial charge on any atom is 0.113 e. The second-order valence-electron chi connectivity index (χ2n) is 5.47. The van der Waals surface area contributed by atoms with Gasteiger partial charge < -0.3 is 5.32 Å². The normalized spacial score (nSPS) is 23.1. The predicted octanol–water partition coefficient (Wildman–Crippen LogP) is 2.87. The van der Waals surface area contributed by atoms with E-state index in [1.54, 1.807) is 4.88 Å². The second-order valence-corrected chi connectivity index (χ2v) is 6.56. The van der Waals surface area contributed by atoms with Crippen molar-refractivity contribution in [1.29, 1.82) is 0 Å². The standard InChI is InChI=1S/C13H20N2S/c1-13(14-2,8-9-6-7-9)12-15-10-4-3-5-11(10)16-12/h9,14H,3-8H2,1-2H3. The number of aryl methyl sites for hydroxylation is 2. The number of aromatic nitrogens is 1. The van der Waals surface area contributed by atoms with Gasteiger partial charge in [0.05, 0.1) is 11.2 Å². The van der Waals surface area contributed by atoms with Crippen LogP contribution in [0.25, 0.3) is 0 Å². The first-order valence-corrected chi connectivity index (χ1v) is 7.21. The van der Waals surface area contributed by atoms with Crippen LogP contribution >= 0.6 is 11.3 Å². The number of nitrogens with one attached hydrogen (secondary N) is 1. The zero-order valence-electron chi connectivity index (χ0n) is 10.2. The van der Waals surface area contributed by atoms with Crippen molar-refractivity contribution in [3.8, 4) is 0 Å². The Hall–Kier alpha value is -0.410. The van der Waals surface area contributed by atoms with Crippen molar-refractivity contribution < 1.29 is 0 Å². The summed E-state index contributed by atoms with van der Waals surface area (Å²) in [4.78, 5) is 6.42. The van der Waals surface area contributed by atoms with Gasteiger partial charge in [-0.25, -0.2) is 4.98 Å². The highest BCUT2D eigenvalue weighted by Crippen LogP contribution is 2.42. The van der Waals surface area contributed by atoms with Gasteiger partial charge in [0.2, 0.25) is 0 Å². The fourth-order valence-electron chi connectivity index (χ4n) is 2.62. The van der Waals surface area contributed by atoms with Crippen molar-refractivity contribution in [2.24, 2.45) is 5.92 Å². The number of rotatable bonds is 4. The largest absolute Gasteiger partial charge is 0.309 e. The van der Waals surface area contributed by atoms with Gasteiger partial charge in [0, 0.05) is 4.88 Å². The van der Waals surface area contributed by atoms with Gasteiger partial charge in [-0.2, -0.15) is 0 Å². The Morgan fingerprint density at radius 2 is 2.25 bits per heavy atom. The number of hydrogen-bond acceptors (Lipinski definition) is 3. The van der Waals surface area contributed by atoms with E-state index >= 15 is 0 Å². The van der Waals surface area contributed by atoms with Crippen molar-refractivity contribution in [2.45, 2.75) is 51.0 Å². The SMILES string of the molecule is CNC(C)(CC1CC1)c1nc2c(s1)CCC2. The van der Waals surface area contributed by atoms with Gasteiger partial charge in [-0.3, -0.25) is 0 Å². The summed E-state index contributed by atoms with van der Waals surface area (Å²) in [7, 11) is 2.08. The van der Waals surface area contributed by atoms with E-state index in [0.29, 0.717) is 0 Å². The maximum absolute atomic E-state index is 4.87. The van der Waals surface area contributed by atoms with Crippen molar-refractivity contribution in [3.05, 3.63) is 15.6 Å². The first-order valence-electron chi connectivity index (χ1n) is 6.39. The lowest BCUT2D eigenvalue weighted by atomic mass is 9.96.